The van der Waals surface area contributed by atoms with E-state index in [0.29, 0.717) is 4.83 Å². The third-order valence-corrected chi connectivity index (χ3v) is 5.35. The summed E-state index contributed by atoms with van der Waals surface area (Å²) < 4.78 is 1.24. The van der Waals surface area contributed by atoms with Crippen LogP contribution in [0.5, 0.6) is 0 Å². The lowest BCUT2D eigenvalue weighted by Crippen LogP contribution is -1.97. The molecule has 0 bridgehead atoms. The van der Waals surface area contributed by atoms with Crippen molar-refractivity contribution in [1.82, 2.24) is 0 Å². The van der Waals surface area contributed by atoms with Crippen molar-refractivity contribution in [1.29, 1.82) is 0 Å². The molecule has 1 heterocycles. The first-order valence-corrected chi connectivity index (χ1v) is 7.11. The molecule has 2 atom stereocenters. The lowest BCUT2D eigenvalue weighted by atomic mass is 10.0. The quantitative estimate of drug-likeness (QED) is 0.652. The minimum absolute atomic E-state index is 0.511. The third kappa shape index (κ3) is 3.37. The molecule has 74 valence electrons. The molecule has 0 amide bonds. The zero-order chi connectivity index (χ0) is 9.84. The summed E-state index contributed by atoms with van der Waals surface area (Å²) >= 11 is 9.11. The Bertz CT molecular complexity index is 257. The number of hydrogen-bond acceptors (Lipinski definition) is 1. The molecule has 0 aromatic carbocycles. The number of hydrogen-bond donors (Lipinski definition) is 0. The van der Waals surface area contributed by atoms with Crippen LogP contribution in [0, 0.1) is 5.92 Å². The second kappa shape index (κ2) is 5.52. The summed E-state index contributed by atoms with van der Waals surface area (Å²) in [5.41, 5.74) is 0. The van der Waals surface area contributed by atoms with Crippen molar-refractivity contribution in [2.24, 2.45) is 5.92 Å². The maximum atomic E-state index is 3.74. The Labute approximate surface area is 101 Å². The molecule has 0 fully saturated rings. The van der Waals surface area contributed by atoms with Gasteiger partial charge in [-0.25, -0.2) is 0 Å². The van der Waals surface area contributed by atoms with Crippen LogP contribution in [-0.2, 0) is 0 Å². The van der Waals surface area contributed by atoms with Gasteiger partial charge in [0.1, 0.15) is 0 Å². The number of thiophene rings is 1. The highest BCUT2D eigenvalue weighted by molar-refractivity contribution is 9.11. The van der Waals surface area contributed by atoms with E-state index in [0.717, 1.165) is 5.92 Å². The predicted molar refractivity (Wildman–Crippen MR) is 67.8 cm³/mol. The van der Waals surface area contributed by atoms with Gasteiger partial charge in [-0.3, -0.25) is 0 Å². The number of rotatable bonds is 4. The van der Waals surface area contributed by atoms with Crippen molar-refractivity contribution < 1.29 is 0 Å². The molecule has 0 saturated carbocycles. The first-order valence-electron chi connectivity index (χ1n) is 4.52. The standard InChI is InChI=1S/C10H14Br2S/c1-3-7(2)6-9(12)10-8(11)4-5-13-10/h4-5,7,9H,3,6H2,1-2H3. The molecular weight excluding hydrogens is 312 g/mol. The summed E-state index contributed by atoms with van der Waals surface area (Å²) in [5.74, 6) is 0.790. The highest BCUT2D eigenvalue weighted by atomic mass is 79.9. The smallest absolute Gasteiger partial charge is 0.0503 e. The Kier molecular flexibility index (Phi) is 4.98. The summed E-state index contributed by atoms with van der Waals surface area (Å²) in [6.07, 6.45) is 2.47. The van der Waals surface area contributed by atoms with Crippen LogP contribution in [0.25, 0.3) is 0 Å². The maximum Gasteiger partial charge on any atom is 0.0503 e. The summed E-state index contributed by atoms with van der Waals surface area (Å²) in [7, 11) is 0. The molecule has 0 aliphatic carbocycles. The van der Waals surface area contributed by atoms with Gasteiger partial charge >= 0.3 is 0 Å². The van der Waals surface area contributed by atoms with E-state index >= 15 is 0 Å². The van der Waals surface area contributed by atoms with Crippen molar-refractivity contribution >= 4 is 43.2 Å². The highest BCUT2D eigenvalue weighted by Gasteiger charge is 2.14. The first-order chi connectivity index (χ1) is 6.15. The Morgan fingerprint density at radius 3 is 2.69 bits per heavy atom. The van der Waals surface area contributed by atoms with Gasteiger partial charge in [0.25, 0.3) is 0 Å². The fraction of sp³-hybridized carbons (Fsp3) is 0.600. The molecule has 3 heteroatoms. The van der Waals surface area contributed by atoms with E-state index in [1.165, 1.54) is 22.2 Å². The van der Waals surface area contributed by atoms with Crippen molar-refractivity contribution in [3.8, 4) is 0 Å². The van der Waals surface area contributed by atoms with Crippen LogP contribution in [0.15, 0.2) is 15.9 Å². The van der Waals surface area contributed by atoms with Gasteiger partial charge in [0.2, 0.25) is 0 Å². The van der Waals surface area contributed by atoms with E-state index in [4.69, 9.17) is 0 Å². The average molecular weight is 326 g/mol. The fourth-order valence-electron chi connectivity index (χ4n) is 1.16. The molecule has 0 spiro atoms. The second-order valence-corrected chi connectivity index (χ2v) is 6.26. The van der Waals surface area contributed by atoms with E-state index in [1.807, 2.05) is 11.3 Å². The highest BCUT2D eigenvalue weighted by Crippen LogP contribution is 2.38. The van der Waals surface area contributed by atoms with Crippen LogP contribution in [-0.4, -0.2) is 0 Å². The van der Waals surface area contributed by atoms with Crippen LogP contribution in [0.3, 0.4) is 0 Å². The number of alkyl halides is 1. The molecule has 13 heavy (non-hydrogen) atoms. The van der Waals surface area contributed by atoms with E-state index in [9.17, 15) is 0 Å². The second-order valence-electron chi connectivity index (χ2n) is 3.35. The van der Waals surface area contributed by atoms with Crippen molar-refractivity contribution in [3.63, 3.8) is 0 Å². The molecule has 0 aliphatic heterocycles. The molecular formula is C10H14Br2S. The molecule has 0 saturated heterocycles. The molecule has 0 N–H and O–H groups in total. The van der Waals surface area contributed by atoms with Crippen molar-refractivity contribution in [3.05, 3.63) is 20.8 Å². The van der Waals surface area contributed by atoms with Gasteiger partial charge in [-0.2, -0.15) is 0 Å². The largest absolute Gasteiger partial charge is 0.147 e. The van der Waals surface area contributed by atoms with E-state index in [-0.39, 0.29) is 0 Å². The van der Waals surface area contributed by atoms with Crippen LogP contribution < -0.4 is 0 Å². The van der Waals surface area contributed by atoms with Gasteiger partial charge in [-0.05, 0) is 39.7 Å². The van der Waals surface area contributed by atoms with Crippen LogP contribution in [0.1, 0.15) is 36.4 Å². The predicted octanol–water partition coefficient (Wildman–Crippen LogP) is 5.38. The molecule has 2 unspecified atom stereocenters. The van der Waals surface area contributed by atoms with Gasteiger partial charge in [-0.1, -0.05) is 36.2 Å². The fourth-order valence-corrected chi connectivity index (χ4v) is 4.31. The van der Waals surface area contributed by atoms with Gasteiger partial charge in [0.05, 0.1) is 4.83 Å². The molecule has 1 aromatic heterocycles. The van der Waals surface area contributed by atoms with Crippen molar-refractivity contribution in [2.75, 3.05) is 0 Å². The molecule has 1 rings (SSSR count). The molecule has 0 radical (unpaired) electrons. The first kappa shape index (κ1) is 11.7. The van der Waals surface area contributed by atoms with E-state index < -0.39 is 0 Å². The van der Waals surface area contributed by atoms with Gasteiger partial charge < -0.3 is 0 Å². The van der Waals surface area contributed by atoms with Crippen LogP contribution in [0.2, 0.25) is 0 Å². The topological polar surface area (TPSA) is 0 Å². The Hall–Kier alpha value is 0.660. The van der Waals surface area contributed by atoms with Gasteiger partial charge in [-0.15, -0.1) is 11.3 Å². The lowest BCUT2D eigenvalue weighted by Gasteiger charge is -2.13. The Balaban J connectivity index is 2.58. The monoisotopic (exact) mass is 324 g/mol. The summed E-state index contributed by atoms with van der Waals surface area (Å²) in [4.78, 5) is 1.93. The minimum Gasteiger partial charge on any atom is -0.147 e. The van der Waals surface area contributed by atoms with Crippen LogP contribution in [0.4, 0.5) is 0 Å². The zero-order valence-electron chi connectivity index (χ0n) is 7.89. The van der Waals surface area contributed by atoms with E-state index in [1.54, 1.807) is 0 Å². The summed E-state index contributed by atoms with van der Waals surface area (Å²) in [6.45, 7) is 4.55. The number of halogens is 2. The molecule has 0 aliphatic rings. The zero-order valence-corrected chi connectivity index (χ0v) is 11.9. The van der Waals surface area contributed by atoms with E-state index in [2.05, 4.69) is 57.2 Å². The van der Waals surface area contributed by atoms with Gasteiger partial charge in [0, 0.05) is 9.35 Å². The Morgan fingerprint density at radius 1 is 1.54 bits per heavy atom. The SMILES string of the molecule is CCC(C)CC(Br)c1sccc1Br. The third-order valence-electron chi connectivity index (χ3n) is 2.24. The Morgan fingerprint density at radius 2 is 2.23 bits per heavy atom. The normalized spacial score (nSPS) is 15.7. The lowest BCUT2D eigenvalue weighted by molar-refractivity contribution is 0.516. The van der Waals surface area contributed by atoms with Crippen molar-refractivity contribution in [2.45, 2.75) is 31.5 Å². The molecule has 0 nitrogen and oxygen atoms in total. The van der Waals surface area contributed by atoms with Gasteiger partial charge in [0.15, 0.2) is 0 Å². The average Bonchev–Trinajstić information content (AvgIpc) is 2.51. The summed E-state index contributed by atoms with van der Waals surface area (Å²) in [5, 5.41) is 2.13. The summed E-state index contributed by atoms with van der Waals surface area (Å²) in [6, 6.07) is 2.12. The molecule has 1 aromatic rings. The maximum absolute atomic E-state index is 3.74. The van der Waals surface area contributed by atoms with Crippen LogP contribution >= 0.6 is 43.2 Å². The minimum atomic E-state index is 0.511.